The van der Waals surface area contributed by atoms with E-state index in [0.29, 0.717) is 31.0 Å². The Hall–Kier alpha value is -1.26. The smallest absolute Gasteiger partial charge is 0.222 e. The molecule has 0 aliphatic heterocycles. The summed E-state index contributed by atoms with van der Waals surface area (Å²) >= 11 is 5.75. The molecule has 0 atom stereocenters. The Labute approximate surface area is 112 Å². The summed E-state index contributed by atoms with van der Waals surface area (Å²) in [6.07, 6.45) is 1.07. The van der Waals surface area contributed by atoms with Crippen molar-refractivity contribution in [3.63, 3.8) is 0 Å². The number of hydrogen-bond donors (Lipinski definition) is 1. The Kier molecular flexibility index (Phi) is 6.54. The summed E-state index contributed by atoms with van der Waals surface area (Å²) in [4.78, 5) is 13.0. The van der Waals surface area contributed by atoms with Crippen LogP contribution in [-0.4, -0.2) is 42.7 Å². The number of rotatable bonds is 7. The Morgan fingerprint density at radius 3 is 2.67 bits per heavy atom. The first kappa shape index (κ1) is 14.8. The van der Waals surface area contributed by atoms with Gasteiger partial charge in [-0.15, -0.1) is 0 Å². The van der Waals surface area contributed by atoms with Gasteiger partial charge in [0.1, 0.15) is 5.75 Å². The molecule has 1 aromatic carbocycles. The molecular formula is C13H18ClNO3. The predicted octanol–water partition coefficient (Wildman–Crippen LogP) is 1.95. The van der Waals surface area contributed by atoms with Gasteiger partial charge in [0.15, 0.2) is 0 Å². The maximum atomic E-state index is 11.5. The monoisotopic (exact) mass is 271 g/mol. The van der Waals surface area contributed by atoms with E-state index in [9.17, 15) is 4.79 Å². The Bertz CT molecular complexity index is 367. The van der Waals surface area contributed by atoms with E-state index >= 15 is 0 Å². The van der Waals surface area contributed by atoms with Gasteiger partial charge in [0, 0.05) is 25.0 Å². The third-order valence-corrected chi connectivity index (χ3v) is 2.73. The quantitative estimate of drug-likeness (QED) is 0.771. The first-order valence-electron chi connectivity index (χ1n) is 5.86. The van der Waals surface area contributed by atoms with Crippen molar-refractivity contribution in [3.05, 3.63) is 29.3 Å². The summed E-state index contributed by atoms with van der Waals surface area (Å²) in [6, 6.07) is 7.11. The highest BCUT2D eigenvalue weighted by molar-refractivity contribution is 6.30. The summed E-state index contributed by atoms with van der Waals surface area (Å²) in [5.41, 5.74) is 0. The second-order valence-electron chi connectivity index (χ2n) is 3.94. The fraction of sp³-hybridized carbons (Fsp3) is 0.462. The van der Waals surface area contributed by atoms with E-state index in [0.717, 1.165) is 5.75 Å². The molecule has 0 aromatic heterocycles. The van der Waals surface area contributed by atoms with E-state index in [1.165, 1.54) is 4.90 Å². The minimum Gasteiger partial charge on any atom is -0.494 e. The lowest BCUT2D eigenvalue weighted by Gasteiger charge is -2.15. The molecule has 0 spiro atoms. The van der Waals surface area contributed by atoms with E-state index in [2.05, 4.69) is 0 Å². The molecule has 1 aromatic rings. The Morgan fingerprint density at radius 1 is 1.39 bits per heavy atom. The van der Waals surface area contributed by atoms with E-state index in [-0.39, 0.29) is 12.5 Å². The average molecular weight is 272 g/mol. The molecule has 1 amide bonds. The number of amides is 1. The van der Waals surface area contributed by atoms with Crippen molar-refractivity contribution in [3.8, 4) is 5.75 Å². The molecule has 100 valence electrons. The van der Waals surface area contributed by atoms with Gasteiger partial charge in [-0.05, 0) is 30.7 Å². The lowest BCUT2D eigenvalue weighted by molar-refractivity contribution is -0.130. The van der Waals surface area contributed by atoms with Crippen molar-refractivity contribution in [2.45, 2.75) is 12.8 Å². The maximum absolute atomic E-state index is 11.5. The van der Waals surface area contributed by atoms with Crippen LogP contribution in [0.5, 0.6) is 5.75 Å². The molecule has 0 unspecified atom stereocenters. The van der Waals surface area contributed by atoms with Crippen LogP contribution in [0.1, 0.15) is 12.8 Å². The number of halogens is 1. The Balaban J connectivity index is 2.18. The zero-order chi connectivity index (χ0) is 13.4. The van der Waals surface area contributed by atoms with E-state index in [1.54, 1.807) is 31.3 Å². The van der Waals surface area contributed by atoms with Gasteiger partial charge < -0.3 is 14.7 Å². The number of carbonyl (C=O) groups excluding carboxylic acids is 1. The van der Waals surface area contributed by atoms with Crippen LogP contribution < -0.4 is 4.74 Å². The van der Waals surface area contributed by atoms with Crippen molar-refractivity contribution >= 4 is 17.5 Å². The first-order chi connectivity index (χ1) is 8.63. The third-order valence-electron chi connectivity index (χ3n) is 2.48. The van der Waals surface area contributed by atoms with Gasteiger partial charge in [-0.3, -0.25) is 4.79 Å². The largest absolute Gasteiger partial charge is 0.494 e. The van der Waals surface area contributed by atoms with Gasteiger partial charge in [-0.1, -0.05) is 11.6 Å². The van der Waals surface area contributed by atoms with Crippen LogP contribution in [0, 0.1) is 0 Å². The fourth-order valence-corrected chi connectivity index (χ4v) is 1.54. The highest BCUT2D eigenvalue weighted by Crippen LogP contribution is 2.15. The molecule has 0 aliphatic rings. The van der Waals surface area contributed by atoms with Crippen LogP contribution in [0.2, 0.25) is 5.02 Å². The summed E-state index contributed by atoms with van der Waals surface area (Å²) in [5, 5.41) is 9.37. The van der Waals surface area contributed by atoms with Gasteiger partial charge in [-0.2, -0.15) is 0 Å². The fourth-order valence-electron chi connectivity index (χ4n) is 1.41. The van der Waals surface area contributed by atoms with Crippen LogP contribution in [-0.2, 0) is 4.79 Å². The molecule has 5 heteroatoms. The maximum Gasteiger partial charge on any atom is 0.222 e. The number of likely N-dealkylation sites (N-methyl/N-ethyl adjacent to an activating group) is 1. The molecular weight excluding hydrogens is 254 g/mol. The van der Waals surface area contributed by atoms with Crippen LogP contribution in [0.25, 0.3) is 0 Å². The minimum atomic E-state index is -0.0104. The lowest BCUT2D eigenvalue weighted by Crippen LogP contribution is -2.29. The Morgan fingerprint density at radius 2 is 2.06 bits per heavy atom. The second kappa shape index (κ2) is 7.95. The molecule has 0 saturated heterocycles. The lowest BCUT2D eigenvalue weighted by atomic mass is 10.3. The molecule has 0 bridgehead atoms. The number of nitrogens with zero attached hydrogens (tertiary/aromatic N) is 1. The molecule has 0 aliphatic carbocycles. The van der Waals surface area contributed by atoms with Gasteiger partial charge in [0.2, 0.25) is 5.91 Å². The molecule has 1 rings (SSSR count). The van der Waals surface area contributed by atoms with Crippen molar-refractivity contribution in [2.24, 2.45) is 0 Å². The zero-order valence-electron chi connectivity index (χ0n) is 10.4. The number of hydrogen-bond acceptors (Lipinski definition) is 3. The SMILES string of the molecule is CN(CCO)C(=O)CCCOc1ccc(Cl)cc1. The number of aliphatic hydroxyl groups is 1. The average Bonchev–Trinajstić information content (AvgIpc) is 2.36. The molecule has 0 radical (unpaired) electrons. The third kappa shape index (κ3) is 5.38. The second-order valence-corrected chi connectivity index (χ2v) is 4.38. The molecule has 0 heterocycles. The van der Waals surface area contributed by atoms with Gasteiger partial charge >= 0.3 is 0 Å². The summed E-state index contributed by atoms with van der Waals surface area (Å²) in [5.74, 6) is 0.763. The number of carbonyl (C=O) groups is 1. The number of aliphatic hydroxyl groups excluding tert-OH is 1. The van der Waals surface area contributed by atoms with E-state index in [1.807, 2.05) is 0 Å². The number of benzene rings is 1. The molecule has 1 N–H and O–H groups in total. The topological polar surface area (TPSA) is 49.8 Å². The predicted molar refractivity (Wildman–Crippen MR) is 70.9 cm³/mol. The summed E-state index contributed by atoms with van der Waals surface area (Å²) < 4.78 is 5.47. The van der Waals surface area contributed by atoms with E-state index in [4.69, 9.17) is 21.4 Å². The minimum absolute atomic E-state index is 0.0104. The van der Waals surface area contributed by atoms with Crippen LogP contribution in [0.4, 0.5) is 0 Å². The number of ether oxygens (including phenoxy) is 1. The zero-order valence-corrected chi connectivity index (χ0v) is 11.2. The molecule has 4 nitrogen and oxygen atoms in total. The van der Waals surface area contributed by atoms with E-state index < -0.39 is 0 Å². The molecule has 0 saturated carbocycles. The van der Waals surface area contributed by atoms with Crippen molar-refractivity contribution in [2.75, 3.05) is 26.8 Å². The van der Waals surface area contributed by atoms with Crippen LogP contribution >= 0.6 is 11.6 Å². The highest BCUT2D eigenvalue weighted by Gasteiger charge is 2.07. The first-order valence-corrected chi connectivity index (χ1v) is 6.24. The van der Waals surface area contributed by atoms with Crippen molar-refractivity contribution < 1.29 is 14.6 Å². The summed E-state index contributed by atoms with van der Waals surface area (Å²) in [7, 11) is 1.68. The standard InChI is InChI=1S/C13H18ClNO3/c1-15(8-9-16)13(17)3-2-10-18-12-6-4-11(14)5-7-12/h4-7,16H,2-3,8-10H2,1H3. The van der Waals surface area contributed by atoms with Crippen molar-refractivity contribution in [1.29, 1.82) is 0 Å². The van der Waals surface area contributed by atoms with Crippen LogP contribution in [0.15, 0.2) is 24.3 Å². The van der Waals surface area contributed by atoms with Gasteiger partial charge in [0.25, 0.3) is 0 Å². The van der Waals surface area contributed by atoms with Gasteiger partial charge in [-0.25, -0.2) is 0 Å². The molecule has 0 fully saturated rings. The highest BCUT2D eigenvalue weighted by atomic mass is 35.5. The van der Waals surface area contributed by atoms with Crippen LogP contribution in [0.3, 0.4) is 0 Å². The normalized spacial score (nSPS) is 10.2. The molecule has 18 heavy (non-hydrogen) atoms. The van der Waals surface area contributed by atoms with Gasteiger partial charge in [0.05, 0.1) is 13.2 Å². The summed E-state index contributed by atoms with van der Waals surface area (Å²) in [6.45, 7) is 0.848. The van der Waals surface area contributed by atoms with Crippen molar-refractivity contribution in [1.82, 2.24) is 4.90 Å².